The molecule has 16 heavy (non-hydrogen) atoms. The first-order chi connectivity index (χ1) is 7.72. The first-order valence-corrected chi connectivity index (χ1v) is 5.83. The van der Waals surface area contributed by atoms with Crippen LogP contribution in [0.5, 0.6) is 0 Å². The van der Waals surface area contributed by atoms with Crippen molar-refractivity contribution in [1.82, 2.24) is 0 Å². The lowest BCUT2D eigenvalue weighted by Crippen LogP contribution is -1.84. The molecule has 0 aliphatic heterocycles. The van der Waals surface area contributed by atoms with E-state index in [1.807, 2.05) is 12.1 Å². The average Bonchev–Trinajstić information content (AvgIpc) is 2.28. The number of rotatable bonds is 2. The summed E-state index contributed by atoms with van der Waals surface area (Å²) in [6, 6.07) is 9.25. The van der Waals surface area contributed by atoms with E-state index < -0.39 is 0 Å². The third-order valence-corrected chi connectivity index (χ3v) is 2.57. The van der Waals surface area contributed by atoms with Crippen molar-refractivity contribution in [3.63, 3.8) is 0 Å². The summed E-state index contributed by atoms with van der Waals surface area (Å²) in [6.45, 7) is 1.55. The number of benzene rings is 1. The number of hydrogen-bond acceptors (Lipinski definition) is 3. The minimum Gasteiger partial charge on any atom is -0.288 e. The van der Waals surface area contributed by atoms with Crippen molar-refractivity contribution in [2.24, 2.45) is 0 Å². The molecule has 0 saturated heterocycles. The van der Waals surface area contributed by atoms with Crippen molar-refractivity contribution >= 4 is 16.9 Å². The van der Waals surface area contributed by atoms with E-state index in [1.165, 1.54) is 11.8 Å². The molecule has 0 fully saturated rings. The van der Waals surface area contributed by atoms with Crippen LogP contribution in [-0.4, -0.2) is 10.9 Å². The number of nitrogens with zero attached hydrogens (tertiary/aromatic N) is 1. The third kappa shape index (κ3) is 4.68. The highest BCUT2D eigenvalue weighted by Gasteiger charge is 1.92. The Kier molecular flexibility index (Phi) is 5.19. The van der Waals surface area contributed by atoms with Gasteiger partial charge in [-0.3, -0.25) is 4.79 Å². The highest BCUT2D eigenvalue weighted by atomic mass is 32.2. The van der Waals surface area contributed by atoms with E-state index in [4.69, 9.17) is 5.26 Å². The molecular weight excluding hydrogens is 218 g/mol. The molecule has 0 aromatic heterocycles. The molecule has 0 spiro atoms. The number of carbonyl (C=O) groups excluding carboxylic acids is 1. The van der Waals surface area contributed by atoms with Gasteiger partial charge in [0.1, 0.15) is 0 Å². The molecule has 0 atom stereocenters. The van der Waals surface area contributed by atoms with Gasteiger partial charge in [0.25, 0.3) is 0 Å². The van der Waals surface area contributed by atoms with Gasteiger partial charge in [0.2, 0.25) is 0 Å². The van der Waals surface area contributed by atoms with Crippen molar-refractivity contribution in [2.45, 2.75) is 13.3 Å². The largest absolute Gasteiger partial charge is 0.288 e. The van der Waals surface area contributed by atoms with Crippen LogP contribution >= 0.6 is 11.8 Å². The minimum atomic E-state index is 0.119. The van der Waals surface area contributed by atoms with Gasteiger partial charge in [0.15, 0.2) is 5.12 Å². The molecule has 1 aromatic carbocycles. The predicted octanol–water partition coefficient (Wildman–Crippen LogP) is 2.58. The van der Waals surface area contributed by atoms with Crippen LogP contribution in [0.2, 0.25) is 0 Å². The SMILES string of the molecule is CC(=O)SCCC#Cc1cccc(C#N)c1. The Hall–Kier alpha value is -1.71. The van der Waals surface area contributed by atoms with Gasteiger partial charge >= 0.3 is 0 Å². The van der Waals surface area contributed by atoms with Gasteiger partial charge in [0.05, 0.1) is 11.6 Å². The molecule has 0 heterocycles. The van der Waals surface area contributed by atoms with E-state index in [-0.39, 0.29) is 5.12 Å². The van der Waals surface area contributed by atoms with Gasteiger partial charge in [-0.25, -0.2) is 0 Å². The van der Waals surface area contributed by atoms with Gasteiger partial charge in [-0.05, 0) is 18.2 Å². The zero-order chi connectivity index (χ0) is 11.8. The van der Waals surface area contributed by atoms with Crippen LogP contribution in [0.25, 0.3) is 0 Å². The number of carbonyl (C=O) groups is 1. The maximum absolute atomic E-state index is 10.6. The van der Waals surface area contributed by atoms with Crippen LogP contribution in [0.1, 0.15) is 24.5 Å². The number of nitriles is 1. The molecule has 3 heteroatoms. The summed E-state index contributed by atoms with van der Waals surface area (Å²) in [7, 11) is 0. The second kappa shape index (κ2) is 6.71. The number of hydrogen-bond donors (Lipinski definition) is 0. The Bertz CT molecular complexity index is 477. The van der Waals surface area contributed by atoms with Crippen LogP contribution in [-0.2, 0) is 4.79 Å². The molecule has 0 radical (unpaired) electrons. The van der Waals surface area contributed by atoms with Crippen LogP contribution in [0, 0.1) is 23.2 Å². The molecule has 0 N–H and O–H groups in total. The lowest BCUT2D eigenvalue weighted by Gasteiger charge is -1.91. The fourth-order valence-electron chi connectivity index (χ4n) is 1.08. The van der Waals surface area contributed by atoms with Crippen molar-refractivity contribution < 1.29 is 4.79 Å². The first-order valence-electron chi connectivity index (χ1n) is 4.85. The molecule has 1 rings (SSSR count). The molecule has 0 saturated carbocycles. The van der Waals surface area contributed by atoms with Crippen molar-refractivity contribution in [2.75, 3.05) is 5.75 Å². The van der Waals surface area contributed by atoms with E-state index in [0.29, 0.717) is 12.0 Å². The topological polar surface area (TPSA) is 40.9 Å². The van der Waals surface area contributed by atoms with Crippen molar-refractivity contribution in [1.29, 1.82) is 5.26 Å². The Morgan fingerprint density at radius 1 is 1.44 bits per heavy atom. The molecule has 0 aliphatic rings. The van der Waals surface area contributed by atoms with E-state index in [0.717, 1.165) is 11.3 Å². The Morgan fingerprint density at radius 3 is 2.88 bits per heavy atom. The minimum absolute atomic E-state index is 0.119. The van der Waals surface area contributed by atoms with Gasteiger partial charge < -0.3 is 0 Å². The van der Waals surface area contributed by atoms with E-state index in [1.54, 1.807) is 19.1 Å². The van der Waals surface area contributed by atoms with Gasteiger partial charge in [0, 0.05) is 24.7 Å². The molecular formula is C13H11NOS. The normalized spacial score (nSPS) is 8.75. The Labute approximate surface area is 99.7 Å². The van der Waals surface area contributed by atoms with Crippen molar-refractivity contribution in [3.05, 3.63) is 35.4 Å². The lowest BCUT2D eigenvalue weighted by atomic mass is 10.1. The molecule has 1 aromatic rings. The highest BCUT2D eigenvalue weighted by molar-refractivity contribution is 8.13. The molecule has 0 aliphatic carbocycles. The molecule has 0 unspecified atom stereocenters. The monoisotopic (exact) mass is 229 g/mol. The quantitative estimate of drug-likeness (QED) is 0.578. The Morgan fingerprint density at radius 2 is 2.19 bits per heavy atom. The molecule has 2 nitrogen and oxygen atoms in total. The lowest BCUT2D eigenvalue weighted by molar-refractivity contribution is -0.109. The summed E-state index contributed by atoms with van der Waals surface area (Å²) >= 11 is 1.28. The summed E-state index contributed by atoms with van der Waals surface area (Å²) in [5, 5.41) is 8.81. The van der Waals surface area contributed by atoms with Crippen LogP contribution in [0.3, 0.4) is 0 Å². The summed E-state index contributed by atoms with van der Waals surface area (Å²) in [6.07, 6.45) is 0.682. The molecule has 0 bridgehead atoms. The predicted molar refractivity (Wildman–Crippen MR) is 65.8 cm³/mol. The van der Waals surface area contributed by atoms with E-state index in [9.17, 15) is 4.79 Å². The van der Waals surface area contributed by atoms with E-state index in [2.05, 4.69) is 17.9 Å². The zero-order valence-corrected chi connectivity index (χ0v) is 9.80. The third-order valence-electron chi connectivity index (χ3n) is 1.76. The second-order valence-electron chi connectivity index (χ2n) is 3.08. The van der Waals surface area contributed by atoms with Crippen LogP contribution in [0.4, 0.5) is 0 Å². The molecule has 0 amide bonds. The molecule has 80 valence electrons. The smallest absolute Gasteiger partial charge is 0.185 e. The summed E-state index contributed by atoms with van der Waals surface area (Å²) < 4.78 is 0. The standard InChI is InChI=1S/C13H11NOS/c1-11(15)16-8-3-2-5-12-6-4-7-13(9-12)10-14/h4,6-7,9H,3,8H2,1H3. The van der Waals surface area contributed by atoms with Crippen molar-refractivity contribution in [3.8, 4) is 17.9 Å². The average molecular weight is 229 g/mol. The van der Waals surface area contributed by atoms with E-state index >= 15 is 0 Å². The summed E-state index contributed by atoms with van der Waals surface area (Å²) in [4.78, 5) is 10.6. The van der Waals surface area contributed by atoms with Crippen LogP contribution < -0.4 is 0 Å². The maximum Gasteiger partial charge on any atom is 0.185 e. The summed E-state index contributed by atoms with van der Waals surface area (Å²) in [5.74, 6) is 6.67. The fourth-order valence-corrected chi connectivity index (χ4v) is 1.57. The maximum atomic E-state index is 10.6. The van der Waals surface area contributed by atoms with Gasteiger partial charge in [-0.15, -0.1) is 0 Å². The number of thioether (sulfide) groups is 1. The van der Waals surface area contributed by atoms with Crippen LogP contribution in [0.15, 0.2) is 24.3 Å². The summed E-state index contributed by atoms with van der Waals surface area (Å²) in [5.41, 5.74) is 1.46. The highest BCUT2D eigenvalue weighted by Crippen LogP contribution is 2.04. The second-order valence-corrected chi connectivity index (χ2v) is 4.36. The van der Waals surface area contributed by atoms with Gasteiger partial charge in [-0.1, -0.05) is 29.7 Å². The Balaban J connectivity index is 2.50. The first kappa shape index (κ1) is 12.4. The zero-order valence-electron chi connectivity index (χ0n) is 8.99. The fraction of sp³-hybridized carbons (Fsp3) is 0.231. The van der Waals surface area contributed by atoms with Gasteiger partial charge in [-0.2, -0.15) is 5.26 Å².